The van der Waals surface area contributed by atoms with Crippen LogP contribution in [-0.2, 0) is 0 Å². The van der Waals surface area contributed by atoms with E-state index < -0.39 is 0 Å². The molecule has 0 saturated heterocycles. The number of hydrogen-bond acceptors (Lipinski definition) is 4. The molecule has 3 rings (SSSR count). The fraction of sp³-hybridized carbons (Fsp3) is 0.118. The summed E-state index contributed by atoms with van der Waals surface area (Å²) in [6.07, 6.45) is 1.59. The van der Waals surface area contributed by atoms with Crippen LogP contribution in [0.25, 0.3) is 11.3 Å². The van der Waals surface area contributed by atoms with Crippen LogP contribution in [-0.4, -0.2) is 15.9 Å². The van der Waals surface area contributed by atoms with Crippen LogP contribution >= 0.6 is 11.3 Å². The van der Waals surface area contributed by atoms with Crippen LogP contribution in [0, 0.1) is 6.92 Å². The molecule has 0 spiro atoms. The maximum Gasteiger partial charge on any atom is 0.276 e. The summed E-state index contributed by atoms with van der Waals surface area (Å²) in [7, 11) is 0. The van der Waals surface area contributed by atoms with Gasteiger partial charge in [0.1, 0.15) is 5.69 Å². The van der Waals surface area contributed by atoms with Crippen molar-refractivity contribution < 1.29 is 4.79 Å². The molecule has 1 amide bonds. The number of aromatic nitrogens is 2. The lowest BCUT2D eigenvalue weighted by Gasteiger charge is -2.00. The first-order chi connectivity index (χ1) is 10.2. The minimum atomic E-state index is -0.250. The van der Waals surface area contributed by atoms with E-state index in [2.05, 4.69) is 15.3 Å². The Kier molecular flexibility index (Phi) is 5.01. The smallest absolute Gasteiger partial charge is 0.276 e. The second kappa shape index (κ2) is 6.95. The standard InChI is InChI=1S/C16H13N3OS.CH4/c1-11-5-7-12(8-6-11)14-10-21-16(18-14)19-15(20)13-4-2-3-9-17-13;/h2-10H,1H3,(H,18,19,20);1H4. The number of amides is 1. The number of nitrogens with one attached hydrogen (secondary N) is 1. The summed E-state index contributed by atoms with van der Waals surface area (Å²) in [6, 6.07) is 13.4. The Labute approximate surface area is 133 Å². The molecule has 5 heteroatoms. The minimum absolute atomic E-state index is 0. The third-order valence-corrected chi connectivity index (χ3v) is 3.73. The monoisotopic (exact) mass is 311 g/mol. The normalized spacial score (nSPS) is 9.86. The van der Waals surface area contributed by atoms with E-state index in [1.165, 1.54) is 16.9 Å². The van der Waals surface area contributed by atoms with Crippen molar-refractivity contribution in [3.05, 3.63) is 65.3 Å². The molecule has 1 aromatic carbocycles. The Balaban J connectivity index is 0.00000176. The molecule has 2 heterocycles. The number of aryl methyl sites for hydroxylation is 1. The van der Waals surface area contributed by atoms with E-state index in [0.717, 1.165) is 11.3 Å². The van der Waals surface area contributed by atoms with Gasteiger partial charge in [-0.15, -0.1) is 11.3 Å². The number of anilines is 1. The average Bonchev–Trinajstić information content (AvgIpc) is 2.97. The van der Waals surface area contributed by atoms with Gasteiger partial charge in [-0.1, -0.05) is 43.3 Å². The van der Waals surface area contributed by atoms with Gasteiger partial charge in [-0.2, -0.15) is 0 Å². The molecular weight excluding hydrogens is 294 g/mol. The van der Waals surface area contributed by atoms with E-state index >= 15 is 0 Å². The lowest BCUT2D eigenvalue weighted by molar-refractivity contribution is 0.102. The third-order valence-electron chi connectivity index (χ3n) is 2.97. The van der Waals surface area contributed by atoms with Crippen molar-refractivity contribution in [2.24, 2.45) is 0 Å². The largest absolute Gasteiger partial charge is 0.296 e. The third kappa shape index (κ3) is 3.56. The summed E-state index contributed by atoms with van der Waals surface area (Å²) < 4.78 is 0. The molecule has 3 aromatic rings. The van der Waals surface area contributed by atoms with Crippen LogP contribution in [0.15, 0.2) is 54.0 Å². The quantitative estimate of drug-likeness (QED) is 0.780. The average molecular weight is 311 g/mol. The van der Waals surface area contributed by atoms with Crippen molar-refractivity contribution in [3.63, 3.8) is 0 Å². The molecule has 0 aliphatic heterocycles. The van der Waals surface area contributed by atoms with E-state index in [0.29, 0.717) is 10.8 Å². The van der Waals surface area contributed by atoms with Crippen molar-refractivity contribution in [2.75, 3.05) is 5.32 Å². The van der Waals surface area contributed by atoms with E-state index in [9.17, 15) is 4.79 Å². The molecule has 1 N–H and O–H groups in total. The molecule has 22 heavy (non-hydrogen) atoms. The Morgan fingerprint density at radius 2 is 1.91 bits per heavy atom. The number of carbonyl (C=O) groups is 1. The van der Waals surface area contributed by atoms with E-state index in [1.807, 2.05) is 36.6 Å². The number of pyridine rings is 1. The van der Waals surface area contributed by atoms with Gasteiger partial charge in [-0.3, -0.25) is 15.1 Å². The van der Waals surface area contributed by atoms with E-state index in [1.54, 1.807) is 24.4 Å². The second-order valence-corrected chi connectivity index (χ2v) is 5.43. The van der Waals surface area contributed by atoms with Crippen LogP contribution in [0.4, 0.5) is 5.13 Å². The molecule has 0 aliphatic rings. The van der Waals surface area contributed by atoms with Crippen LogP contribution in [0.2, 0.25) is 0 Å². The Morgan fingerprint density at radius 3 is 2.59 bits per heavy atom. The number of rotatable bonds is 3. The fourth-order valence-corrected chi connectivity index (χ4v) is 2.56. The predicted molar refractivity (Wildman–Crippen MR) is 91.2 cm³/mol. The van der Waals surface area contributed by atoms with Gasteiger partial charge in [-0.25, -0.2) is 4.98 Å². The Hall–Kier alpha value is -2.53. The first-order valence-corrected chi connectivity index (χ1v) is 7.35. The zero-order valence-corrected chi connectivity index (χ0v) is 12.2. The molecule has 0 saturated carbocycles. The van der Waals surface area contributed by atoms with Crippen molar-refractivity contribution in [1.82, 2.24) is 9.97 Å². The number of carbonyl (C=O) groups excluding carboxylic acids is 1. The molecule has 0 fully saturated rings. The first-order valence-electron chi connectivity index (χ1n) is 6.47. The highest BCUT2D eigenvalue weighted by Crippen LogP contribution is 2.25. The SMILES string of the molecule is C.Cc1ccc(-c2csc(NC(=O)c3ccccn3)n2)cc1. The second-order valence-electron chi connectivity index (χ2n) is 4.57. The Bertz CT molecular complexity index is 751. The predicted octanol–water partition coefficient (Wildman–Crippen LogP) is 4.40. The minimum Gasteiger partial charge on any atom is -0.296 e. The van der Waals surface area contributed by atoms with Crippen LogP contribution in [0.3, 0.4) is 0 Å². The summed E-state index contributed by atoms with van der Waals surface area (Å²) in [5, 5.41) is 5.27. The molecule has 112 valence electrons. The number of hydrogen-bond donors (Lipinski definition) is 1. The summed E-state index contributed by atoms with van der Waals surface area (Å²) in [6.45, 7) is 2.04. The highest BCUT2D eigenvalue weighted by molar-refractivity contribution is 7.14. The van der Waals surface area contributed by atoms with Crippen molar-refractivity contribution in [2.45, 2.75) is 14.4 Å². The fourth-order valence-electron chi connectivity index (χ4n) is 1.85. The highest BCUT2D eigenvalue weighted by Gasteiger charge is 2.10. The van der Waals surface area contributed by atoms with Gasteiger partial charge >= 0.3 is 0 Å². The number of benzene rings is 1. The molecule has 0 radical (unpaired) electrons. The van der Waals surface area contributed by atoms with Gasteiger partial charge in [0.15, 0.2) is 5.13 Å². The summed E-state index contributed by atoms with van der Waals surface area (Å²) >= 11 is 1.40. The van der Waals surface area contributed by atoms with Crippen molar-refractivity contribution in [3.8, 4) is 11.3 Å². The molecule has 0 unspecified atom stereocenters. The van der Waals surface area contributed by atoms with Gasteiger partial charge in [0.2, 0.25) is 0 Å². The van der Waals surface area contributed by atoms with Gasteiger partial charge in [0.25, 0.3) is 5.91 Å². The van der Waals surface area contributed by atoms with Crippen molar-refractivity contribution in [1.29, 1.82) is 0 Å². The Morgan fingerprint density at radius 1 is 1.14 bits per heavy atom. The molecule has 0 bridgehead atoms. The summed E-state index contributed by atoms with van der Waals surface area (Å²) in [4.78, 5) is 20.4. The molecule has 4 nitrogen and oxygen atoms in total. The summed E-state index contributed by atoms with van der Waals surface area (Å²) in [5.74, 6) is -0.250. The molecule has 0 atom stereocenters. The van der Waals surface area contributed by atoms with Crippen LogP contribution in [0.1, 0.15) is 23.5 Å². The maximum absolute atomic E-state index is 12.0. The highest BCUT2D eigenvalue weighted by atomic mass is 32.1. The summed E-state index contributed by atoms with van der Waals surface area (Å²) in [5.41, 5.74) is 3.48. The van der Waals surface area contributed by atoms with Crippen LogP contribution in [0.5, 0.6) is 0 Å². The van der Waals surface area contributed by atoms with Crippen molar-refractivity contribution >= 4 is 22.4 Å². The van der Waals surface area contributed by atoms with Gasteiger partial charge < -0.3 is 0 Å². The molecule has 2 aromatic heterocycles. The molecule has 0 aliphatic carbocycles. The topological polar surface area (TPSA) is 54.9 Å². The zero-order valence-electron chi connectivity index (χ0n) is 11.4. The lowest BCUT2D eigenvalue weighted by atomic mass is 10.1. The maximum atomic E-state index is 12.0. The number of nitrogens with zero attached hydrogens (tertiary/aromatic N) is 2. The van der Waals surface area contributed by atoms with Gasteiger partial charge in [0.05, 0.1) is 5.69 Å². The first kappa shape index (κ1) is 15.9. The van der Waals surface area contributed by atoms with Gasteiger partial charge in [-0.05, 0) is 19.1 Å². The van der Waals surface area contributed by atoms with E-state index in [4.69, 9.17) is 0 Å². The molecular formula is C17H17N3OS. The zero-order chi connectivity index (χ0) is 14.7. The van der Waals surface area contributed by atoms with E-state index in [-0.39, 0.29) is 13.3 Å². The van der Waals surface area contributed by atoms with Gasteiger partial charge in [0, 0.05) is 17.1 Å². The van der Waals surface area contributed by atoms with Crippen LogP contribution < -0.4 is 5.32 Å². The lowest BCUT2D eigenvalue weighted by Crippen LogP contribution is -2.13. The number of thiazole rings is 1.